The maximum Gasteiger partial charge on any atom is 0.320 e. The molecule has 6 amide bonds. The van der Waals surface area contributed by atoms with Crippen LogP contribution in [0.25, 0.3) is 0 Å². The first-order valence-corrected chi connectivity index (χ1v) is 18.2. The molecule has 5 aliphatic heterocycles. The SMILES string of the molecule is CN1CCN([C@@H]2CCCN(c3cnc(C(N)=O)c(Nc4ccc(N5CCN(c6ccc7c(c6)C(=O)N(C6CC(=O)CNC6=O)C7=O)CC5)cc4)n3)C2)C1=O. The van der Waals surface area contributed by atoms with Crippen molar-refractivity contribution in [1.82, 2.24) is 30.0 Å². The molecule has 6 heterocycles. The van der Waals surface area contributed by atoms with E-state index >= 15 is 0 Å². The molecule has 1 aromatic heterocycles. The number of urea groups is 1. The van der Waals surface area contributed by atoms with Crippen molar-refractivity contribution in [3.8, 4) is 0 Å². The summed E-state index contributed by atoms with van der Waals surface area (Å²) in [5.74, 6) is -1.70. The average Bonchev–Trinajstić information content (AvgIpc) is 3.65. The van der Waals surface area contributed by atoms with E-state index in [1.165, 1.54) is 0 Å². The molecule has 4 fully saturated rings. The third kappa shape index (κ3) is 6.39. The average molecular weight is 736 g/mol. The Morgan fingerprint density at radius 3 is 2.26 bits per heavy atom. The van der Waals surface area contributed by atoms with E-state index in [1.54, 1.807) is 23.2 Å². The number of amides is 6. The van der Waals surface area contributed by atoms with Crippen LogP contribution in [0.15, 0.2) is 48.7 Å². The molecule has 280 valence electrons. The molecular weight excluding hydrogens is 694 g/mol. The number of carbonyl (C=O) groups excluding carboxylic acids is 6. The molecule has 17 heteroatoms. The Morgan fingerprint density at radius 2 is 1.56 bits per heavy atom. The predicted molar refractivity (Wildman–Crippen MR) is 198 cm³/mol. The van der Waals surface area contributed by atoms with Gasteiger partial charge >= 0.3 is 6.03 Å². The summed E-state index contributed by atoms with van der Waals surface area (Å²) >= 11 is 0. The molecule has 54 heavy (non-hydrogen) atoms. The third-order valence-corrected chi connectivity index (χ3v) is 10.9. The Bertz CT molecular complexity index is 2050. The molecule has 0 radical (unpaired) electrons. The lowest BCUT2D eigenvalue weighted by Crippen LogP contribution is -2.55. The van der Waals surface area contributed by atoms with E-state index in [1.807, 2.05) is 42.3 Å². The summed E-state index contributed by atoms with van der Waals surface area (Å²) in [4.78, 5) is 96.0. The fraction of sp³-hybridized carbons (Fsp3) is 0.405. The van der Waals surface area contributed by atoms with Crippen molar-refractivity contribution in [3.63, 3.8) is 0 Å². The van der Waals surface area contributed by atoms with E-state index < -0.39 is 29.7 Å². The van der Waals surface area contributed by atoms with E-state index in [0.29, 0.717) is 57.3 Å². The van der Waals surface area contributed by atoms with Crippen LogP contribution in [-0.4, -0.2) is 138 Å². The number of carbonyl (C=O) groups is 6. The zero-order valence-corrected chi connectivity index (χ0v) is 29.9. The van der Waals surface area contributed by atoms with Gasteiger partial charge in [0.25, 0.3) is 17.7 Å². The number of likely N-dealkylation sites (N-methyl/N-ethyl adjacent to an activating group) is 1. The molecule has 17 nitrogen and oxygen atoms in total. The number of hydrogen-bond donors (Lipinski definition) is 3. The number of benzene rings is 2. The number of primary amides is 1. The predicted octanol–water partition coefficient (Wildman–Crippen LogP) is 1.04. The second-order valence-corrected chi connectivity index (χ2v) is 14.3. The van der Waals surface area contributed by atoms with Crippen LogP contribution in [0.2, 0.25) is 0 Å². The number of nitrogens with one attached hydrogen (secondary N) is 2. The van der Waals surface area contributed by atoms with Crippen molar-refractivity contribution in [3.05, 3.63) is 65.5 Å². The maximum absolute atomic E-state index is 13.3. The van der Waals surface area contributed by atoms with Gasteiger partial charge in [-0.25, -0.2) is 14.8 Å². The van der Waals surface area contributed by atoms with Crippen LogP contribution in [0.4, 0.5) is 33.5 Å². The van der Waals surface area contributed by atoms with E-state index in [2.05, 4.69) is 30.3 Å². The Balaban J connectivity index is 0.905. The largest absolute Gasteiger partial charge is 0.368 e. The summed E-state index contributed by atoms with van der Waals surface area (Å²) < 4.78 is 0. The van der Waals surface area contributed by atoms with Crippen molar-refractivity contribution in [2.75, 3.05) is 86.0 Å². The number of piperidine rings is 2. The lowest BCUT2D eigenvalue weighted by Gasteiger charge is -2.38. The molecule has 0 bridgehead atoms. The Morgan fingerprint density at radius 1 is 0.852 bits per heavy atom. The highest BCUT2D eigenvalue weighted by atomic mass is 16.2. The zero-order chi connectivity index (χ0) is 37.7. The second kappa shape index (κ2) is 13.9. The van der Waals surface area contributed by atoms with E-state index in [4.69, 9.17) is 10.7 Å². The minimum atomic E-state index is -1.14. The van der Waals surface area contributed by atoms with Crippen LogP contribution in [0.1, 0.15) is 50.5 Å². The van der Waals surface area contributed by atoms with Crippen molar-refractivity contribution < 1.29 is 28.8 Å². The lowest BCUT2D eigenvalue weighted by atomic mass is 10.0. The smallest absolute Gasteiger partial charge is 0.320 e. The molecular formula is C37H41N11O6. The molecule has 5 aliphatic rings. The molecule has 0 saturated carbocycles. The fourth-order valence-corrected chi connectivity index (χ4v) is 7.96. The van der Waals surface area contributed by atoms with E-state index in [0.717, 1.165) is 35.7 Å². The standard InChI is InChI=1S/C37H41N11O6/c1-43-11-16-47(37(43)54)25-3-2-10-46(21-25)30-20-39-31(32(38)50)33(42-30)41-22-4-6-23(7-5-22)44-12-14-45(15-13-44)24-8-9-27-28(17-24)36(53)48(35(27)52)29-18-26(49)19-40-34(29)51/h4-9,17,20,25,29H,2-3,10-16,18-19,21H2,1H3,(H2,38,50)(H,40,51)(H,41,42)/t25-,29?/m1/s1. The molecule has 0 aliphatic carbocycles. The van der Waals surface area contributed by atoms with Crippen LogP contribution in [0.5, 0.6) is 0 Å². The summed E-state index contributed by atoms with van der Waals surface area (Å²) in [5, 5.41) is 5.70. The Labute approximate surface area is 311 Å². The molecule has 0 spiro atoms. The highest BCUT2D eigenvalue weighted by Crippen LogP contribution is 2.32. The first-order chi connectivity index (χ1) is 26.0. The first-order valence-electron chi connectivity index (χ1n) is 18.2. The summed E-state index contributed by atoms with van der Waals surface area (Å²) in [6.45, 7) is 5.41. The summed E-state index contributed by atoms with van der Waals surface area (Å²) in [6.07, 6.45) is 3.19. The van der Waals surface area contributed by atoms with Crippen molar-refractivity contribution in [1.29, 1.82) is 0 Å². The number of fused-ring (bicyclic) bond motifs is 1. The van der Waals surface area contributed by atoms with Crippen LogP contribution < -0.4 is 31.1 Å². The number of hydrogen-bond acceptors (Lipinski definition) is 12. The summed E-state index contributed by atoms with van der Waals surface area (Å²) in [5.41, 5.74) is 8.67. The van der Waals surface area contributed by atoms with Gasteiger partial charge in [0.05, 0.1) is 29.9 Å². The number of imide groups is 1. The van der Waals surface area contributed by atoms with Gasteiger partial charge < -0.3 is 40.9 Å². The van der Waals surface area contributed by atoms with Crippen LogP contribution in [-0.2, 0) is 9.59 Å². The van der Waals surface area contributed by atoms with E-state index in [-0.39, 0.29) is 53.5 Å². The van der Waals surface area contributed by atoms with Crippen molar-refractivity contribution in [2.24, 2.45) is 5.73 Å². The zero-order valence-electron chi connectivity index (χ0n) is 29.9. The van der Waals surface area contributed by atoms with Gasteiger partial charge in [-0.3, -0.25) is 28.9 Å². The second-order valence-electron chi connectivity index (χ2n) is 14.3. The van der Waals surface area contributed by atoms with Gasteiger partial charge in [-0.15, -0.1) is 0 Å². The maximum atomic E-state index is 13.3. The molecule has 4 saturated heterocycles. The monoisotopic (exact) mass is 735 g/mol. The minimum Gasteiger partial charge on any atom is -0.368 e. The number of anilines is 5. The van der Waals surface area contributed by atoms with Gasteiger partial charge in [-0.05, 0) is 55.3 Å². The van der Waals surface area contributed by atoms with Gasteiger partial charge in [0.2, 0.25) is 5.91 Å². The van der Waals surface area contributed by atoms with Gasteiger partial charge in [0.1, 0.15) is 11.9 Å². The van der Waals surface area contributed by atoms with Gasteiger partial charge in [0, 0.05) is 82.9 Å². The summed E-state index contributed by atoms with van der Waals surface area (Å²) in [6, 6.07) is 11.9. The quantitative estimate of drug-likeness (QED) is 0.279. The molecule has 2 atom stereocenters. The number of aromatic nitrogens is 2. The van der Waals surface area contributed by atoms with Crippen LogP contribution >= 0.6 is 0 Å². The van der Waals surface area contributed by atoms with E-state index in [9.17, 15) is 28.8 Å². The minimum absolute atomic E-state index is 0.0313. The first kappa shape index (κ1) is 34.8. The Kier molecular flexibility index (Phi) is 8.99. The normalized spacial score (nSPS) is 21.9. The fourth-order valence-electron chi connectivity index (χ4n) is 7.96. The number of rotatable bonds is 8. The molecule has 1 unspecified atom stereocenters. The van der Waals surface area contributed by atoms with Crippen molar-refractivity contribution in [2.45, 2.75) is 31.3 Å². The van der Waals surface area contributed by atoms with Gasteiger partial charge in [-0.2, -0.15) is 0 Å². The number of Topliss-reactive ketones (excluding diaryl/α,β-unsaturated/α-hetero) is 1. The van der Waals surface area contributed by atoms with Crippen molar-refractivity contribution >= 4 is 64.1 Å². The van der Waals surface area contributed by atoms with Crippen LogP contribution in [0, 0.1) is 0 Å². The highest BCUT2D eigenvalue weighted by Gasteiger charge is 2.45. The molecule has 3 aromatic rings. The number of nitrogens with zero attached hydrogens (tertiary/aromatic N) is 8. The lowest BCUT2D eigenvalue weighted by molar-refractivity contribution is -0.133. The van der Waals surface area contributed by atoms with Crippen LogP contribution in [0.3, 0.4) is 0 Å². The topological polar surface area (TPSA) is 198 Å². The molecule has 2 aromatic carbocycles. The Hall–Kier alpha value is -6.26. The van der Waals surface area contributed by atoms with Gasteiger partial charge in [-0.1, -0.05) is 0 Å². The number of piperazine rings is 1. The number of ketones is 1. The molecule has 8 rings (SSSR count). The number of nitrogens with two attached hydrogens (primary N) is 1. The molecule has 4 N–H and O–H groups in total. The van der Waals surface area contributed by atoms with Gasteiger partial charge in [0.15, 0.2) is 17.3 Å². The summed E-state index contributed by atoms with van der Waals surface area (Å²) in [7, 11) is 1.82. The highest BCUT2D eigenvalue weighted by molar-refractivity contribution is 6.23. The third-order valence-electron chi connectivity index (χ3n) is 10.9.